The highest BCUT2D eigenvalue weighted by Crippen LogP contribution is 2.11. The third-order valence-corrected chi connectivity index (χ3v) is 4.62. The number of benzene rings is 2. The van der Waals surface area contributed by atoms with Crippen LogP contribution in [0, 0.1) is 0 Å². The van der Waals surface area contributed by atoms with E-state index in [9.17, 15) is 9.59 Å². The molecule has 0 atom stereocenters. The van der Waals surface area contributed by atoms with E-state index in [2.05, 4.69) is 33.5 Å². The first-order chi connectivity index (χ1) is 12.6. The lowest BCUT2D eigenvalue weighted by molar-refractivity contribution is 0.0942. The molecule has 4 nitrogen and oxygen atoms in total. The number of hydrogen-bond acceptors (Lipinski definition) is 2. The maximum atomic E-state index is 12.1. The van der Waals surface area contributed by atoms with E-state index in [0.29, 0.717) is 24.2 Å². The van der Waals surface area contributed by atoms with Crippen LogP contribution in [0.25, 0.3) is 0 Å². The average Bonchev–Trinajstić information content (AvgIpc) is 2.66. The molecular weight excluding hydrogens is 392 g/mol. The minimum absolute atomic E-state index is 0.0491. The van der Waals surface area contributed by atoms with Crippen LogP contribution in [-0.2, 0) is 6.54 Å². The van der Waals surface area contributed by atoms with Crippen molar-refractivity contribution < 1.29 is 9.59 Å². The molecule has 0 aliphatic carbocycles. The van der Waals surface area contributed by atoms with Crippen LogP contribution in [-0.4, -0.2) is 18.4 Å². The molecular formula is C21H25BrN2O2. The van der Waals surface area contributed by atoms with Gasteiger partial charge in [-0.05, 0) is 48.4 Å². The second kappa shape index (κ2) is 10.8. The molecule has 0 radical (unpaired) electrons. The van der Waals surface area contributed by atoms with Gasteiger partial charge in [0.25, 0.3) is 11.8 Å². The first-order valence-electron chi connectivity index (χ1n) is 9.01. The predicted molar refractivity (Wildman–Crippen MR) is 108 cm³/mol. The lowest BCUT2D eigenvalue weighted by atomic mass is 10.1. The fourth-order valence-electron chi connectivity index (χ4n) is 2.52. The molecule has 2 N–H and O–H groups in total. The van der Waals surface area contributed by atoms with Gasteiger partial charge in [-0.15, -0.1) is 0 Å². The Kier molecular flexibility index (Phi) is 8.35. The Balaban J connectivity index is 1.78. The maximum Gasteiger partial charge on any atom is 0.251 e. The smallest absolute Gasteiger partial charge is 0.251 e. The summed E-state index contributed by atoms with van der Waals surface area (Å²) in [5.74, 6) is -0.168. The highest BCUT2D eigenvalue weighted by molar-refractivity contribution is 9.10. The van der Waals surface area contributed by atoms with Crippen LogP contribution in [0.15, 0.2) is 53.0 Å². The van der Waals surface area contributed by atoms with Gasteiger partial charge in [0.1, 0.15) is 0 Å². The summed E-state index contributed by atoms with van der Waals surface area (Å²) in [7, 11) is 0. The fraction of sp³-hybridized carbons (Fsp3) is 0.333. The molecule has 26 heavy (non-hydrogen) atoms. The summed E-state index contributed by atoms with van der Waals surface area (Å²) in [4.78, 5) is 24.2. The summed E-state index contributed by atoms with van der Waals surface area (Å²) in [5, 5.41) is 5.82. The Bertz CT molecular complexity index is 712. The highest BCUT2D eigenvalue weighted by atomic mass is 79.9. The van der Waals surface area contributed by atoms with Gasteiger partial charge in [-0.3, -0.25) is 9.59 Å². The molecule has 0 fully saturated rings. The highest BCUT2D eigenvalue weighted by Gasteiger charge is 2.07. The van der Waals surface area contributed by atoms with Gasteiger partial charge in [-0.1, -0.05) is 54.2 Å². The Morgan fingerprint density at radius 3 is 2.00 bits per heavy atom. The van der Waals surface area contributed by atoms with Crippen molar-refractivity contribution in [2.24, 2.45) is 0 Å². The van der Waals surface area contributed by atoms with Gasteiger partial charge >= 0.3 is 0 Å². The van der Waals surface area contributed by atoms with Crippen molar-refractivity contribution in [3.63, 3.8) is 0 Å². The van der Waals surface area contributed by atoms with Crippen molar-refractivity contribution >= 4 is 27.7 Å². The third-order valence-electron chi connectivity index (χ3n) is 4.09. The van der Waals surface area contributed by atoms with Gasteiger partial charge in [-0.2, -0.15) is 0 Å². The van der Waals surface area contributed by atoms with Crippen molar-refractivity contribution in [3.05, 3.63) is 69.7 Å². The van der Waals surface area contributed by atoms with Crippen LogP contribution in [0.3, 0.4) is 0 Å². The summed E-state index contributed by atoms with van der Waals surface area (Å²) >= 11 is 3.35. The van der Waals surface area contributed by atoms with Crippen LogP contribution < -0.4 is 10.6 Å². The zero-order valence-electron chi connectivity index (χ0n) is 15.1. The monoisotopic (exact) mass is 416 g/mol. The van der Waals surface area contributed by atoms with Crippen LogP contribution in [0.5, 0.6) is 0 Å². The number of hydrogen-bond donors (Lipinski definition) is 2. The second-order valence-electron chi connectivity index (χ2n) is 6.20. The predicted octanol–water partition coefficient (Wildman–Crippen LogP) is 4.69. The first-order valence-corrected chi connectivity index (χ1v) is 9.80. The van der Waals surface area contributed by atoms with Gasteiger partial charge in [0, 0.05) is 28.7 Å². The molecule has 138 valence electrons. The Hall–Kier alpha value is -2.14. The summed E-state index contributed by atoms with van der Waals surface area (Å²) in [6.07, 6.45) is 4.55. The fourth-order valence-corrected chi connectivity index (χ4v) is 2.78. The molecule has 0 aromatic heterocycles. The molecule has 2 aromatic rings. The Labute approximate surface area is 163 Å². The maximum absolute atomic E-state index is 12.1. The number of nitrogens with one attached hydrogen (secondary N) is 2. The molecule has 2 rings (SSSR count). The summed E-state index contributed by atoms with van der Waals surface area (Å²) < 4.78 is 0.938. The van der Waals surface area contributed by atoms with Crippen LogP contribution in [0.2, 0.25) is 0 Å². The minimum atomic E-state index is -0.119. The average molecular weight is 417 g/mol. The van der Waals surface area contributed by atoms with E-state index in [1.54, 1.807) is 24.3 Å². The second-order valence-corrected chi connectivity index (χ2v) is 7.12. The summed E-state index contributed by atoms with van der Waals surface area (Å²) in [6, 6.07) is 14.5. The van der Waals surface area contributed by atoms with E-state index in [1.807, 2.05) is 24.3 Å². The molecule has 2 amide bonds. The molecule has 0 aliphatic rings. The lowest BCUT2D eigenvalue weighted by Gasteiger charge is -2.08. The van der Waals surface area contributed by atoms with E-state index in [4.69, 9.17) is 0 Å². The number of carbonyl (C=O) groups excluding carboxylic acids is 2. The molecule has 0 heterocycles. The number of halogens is 1. The van der Waals surface area contributed by atoms with Gasteiger partial charge in [0.15, 0.2) is 0 Å². The summed E-state index contributed by atoms with van der Waals surface area (Å²) in [6.45, 7) is 3.30. The Morgan fingerprint density at radius 2 is 1.38 bits per heavy atom. The topological polar surface area (TPSA) is 58.2 Å². The number of rotatable bonds is 9. The molecule has 5 heteroatoms. The largest absolute Gasteiger partial charge is 0.352 e. The Morgan fingerprint density at radius 1 is 0.808 bits per heavy atom. The van der Waals surface area contributed by atoms with Crippen molar-refractivity contribution in [2.75, 3.05) is 6.54 Å². The van der Waals surface area contributed by atoms with Crippen LogP contribution in [0.4, 0.5) is 0 Å². The van der Waals surface area contributed by atoms with Crippen molar-refractivity contribution in [1.29, 1.82) is 0 Å². The van der Waals surface area contributed by atoms with Gasteiger partial charge in [0.2, 0.25) is 0 Å². The molecule has 0 unspecified atom stereocenters. The number of unbranched alkanes of at least 4 members (excludes halogenated alkanes) is 3. The van der Waals surface area contributed by atoms with E-state index in [1.165, 1.54) is 12.8 Å². The third kappa shape index (κ3) is 6.64. The molecule has 2 aromatic carbocycles. The van der Waals surface area contributed by atoms with E-state index < -0.39 is 0 Å². The van der Waals surface area contributed by atoms with Crippen molar-refractivity contribution in [2.45, 2.75) is 39.2 Å². The minimum Gasteiger partial charge on any atom is -0.352 e. The zero-order chi connectivity index (χ0) is 18.8. The van der Waals surface area contributed by atoms with Gasteiger partial charge < -0.3 is 10.6 Å². The molecule has 0 bridgehead atoms. The van der Waals surface area contributed by atoms with Crippen molar-refractivity contribution in [3.8, 4) is 0 Å². The van der Waals surface area contributed by atoms with E-state index >= 15 is 0 Å². The zero-order valence-corrected chi connectivity index (χ0v) is 16.6. The van der Waals surface area contributed by atoms with Gasteiger partial charge in [-0.25, -0.2) is 0 Å². The quantitative estimate of drug-likeness (QED) is 0.582. The van der Waals surface area contributed by atoms with Crippen LogP contribution in [0.1, 0.15) is 58.9 Å². The SMILES string of the molecule is CCCCCCNC(=O)c1ccc(CNC(=O)c2ccc(Br)cc2)cc1. The van der Waals surface area contributed by atoms with Crippen molar-refractivity contribution in [1.82, 2.24) is 10.6 Å². The molecule has 0 spiro atoms. The normalized spacial score (nSPS) is 10.4. The standard InChI is InChI=1S/C21H25BrN2O2/c1-2-3-4-5-14-23-20(25)17-8-6-16(7-9-17)15-24-21(26)18-10-12-19(22)13-11-18/h6-13H,2-5,14-15H2,1H3,(H,23,25)(H,24,26). The van der Waals surface area contributed by atoms with Crippen LogP contribution >= 0.6 is 15.9 Å². The van der Waals surface area contributed by atoms with E-state index in [-0.39, 0.29) is 11.8 Å². The molecule has 0 aliphatic heterocycles. The van der Waals surface area contributed by atoms with Gasteiger partial charge in [0.05, 0.1) is 0 Å². The lowest BCUT2D eigenvalue weighted by Crippen LogP contribution is -2.25. The van der Waals surface area contributed by atoms with E-state index in [0.717, 1.165) is 22.9 Å². The summed E-state index contributed by atoms with van der Waals surface area (Å²) in [5.41, 5.74) is 2.21. The first kappa shape index (κ1) is 20.2. The molecule has 0 saturated heterocycles. The number of carbonyl (C=O) groups is 2. The molecule has 0 saturated carbocycles. The number of amides is 2.